The van der Waals surface area contributed by atoms with Crippen LogP contribution in [0.5, 0.6) is 0 Å². The van der Waals surface area contributed by atoms with E-state index in [4.69, 9.17) is 5.26 Å². The van der Waals surface area contributed by atoms with Crippen LogP contribution in [0.2, 0.25) is 0 Å². The van der Waals surface area contributed by atoms with Gasteiger partial charge in [-0.3, -0.25) is 0 Å². The van der Waals surface area contributed by atoms with Gasteiger partial charge in [-0.15, -0.1) is 0 Å². The summed E-state index contributed by atoms with van der Waals surface area (Å²) in [5, 5.41) is 8.51. The zero-order chi connectivity index (χ0) is 11.5. The van der Waals surface area contributed by atoms with E-state index in [0.717, 1.165) is 4.90 Å². The molecule has 0 unspecified atom stereocenters. The Morgan fingerprint density at radius 3 is 2.12 bits per heavy atom. The monoisotopic (exact) mass is 252 g/mol. The third-order valence-corrected chi connectivity index (χ3v) is 1.92. The minimum atomic E-state index is -4.82. The van der Waals surface area contributed by atoms with Gasteiger partial charge in [0, 0.05) is 12.7 Å². The fourth-order valence-electron chi connectivity index (χ4n) is 1.21. The number of benzene rings is 1. The van der Waals surface area contributed by atoms with E-state index < -0.39 is 13.4 Å². The molecule has 0 atom stereocenters. The molecular formula is C9H9BF3KN2. The Bertz CT molecular complexity index is 372. The third-order valence-electron chi connectivity index (χ3n) is 1.92. The van der Waals surface area contributed by atoms with Crippen LogP contribution in [0.1, 0.15) is 5.56 Å². The van der Waals surface area contributed by atoms with Gasteiger partial charge in [0.15, 0.2) is 0 Å². The molecule has 0 aliphatic carbocycles. The van der Waals surface area contributed by atoms with Crippen LogP contribution >= 0.6 is 0 Å². The van der Waals surface area contributed by atoms with Gasteiger partial charge in [0.25, 0.3) is 0 Å². The van der Waals surface area contributed by atoms with Crippen molar-refractivity contribution in [3.05, 3.63) is 29.8 Å². The van der Waals surface area contributed by atoms with Gasteiger partial charge in [-0.2, -0.15) is 5.26 Å². The third kappa shape index (κ3) is 5.37. The molecule has 1 aromatic carbocycles. The molecule has 0 radical (unpaired) electrons. The van der Waals surface area contributed by atoms with Gasteiger partial charge < -0.3 is 17.8 Å². The molecule has 80 valence electrons. The summed E-state index contributed by atoms with van der Waals surface area (Å²) in [4.78, 5) is 1.11. The minimum Gasteiger partial charge on any atom is -0.448 e. The number of hydrogen-bond acceptors (Lipinski definition) is 2. The number of halogens is 3. The summed E-state index contributed by atoms with van der Waals surface area (Å²) in [6, 6.07) is 7.90. The molecule has 0 aliphatic rings. The Kier molecular flexibility index (Phi) is 6.67. The molecule has 1 aromatic rings. The molecule has 0 amide bonds. The molecule has 7 heteroatoms. The number of rotatable bonds is 3. The summed E-state index contributed by atoms with van der Waals surface area (Å²) in [7, 11) is 1.37. The maximum absolute atomic E-state index is 12.1. The van der Waals surface area contributed by atoms with Crippen molar-refractivity contribution in [3.63, 3.8) is 0 Å². The molecule has 2 nitrogen and oxygen atoms in total. The Balaban J connectivity index is 0.00000225. The van der Waals surface area contributed by atoms with Crippen LogP contribution in [-0.4, -0.2) is 20.5 Å². The summed E-state index contributed by atoms with van der Waals surface area (Å²) in [6.45, 7) is -4.82. The number of hydrogen-bond donors (Lipinski definition) is 0. The smallest absolute Gasteiger partial charge is 0.448 e. The second kappa shape index (κ2) is 6.67. The van der Waals surface area contributed by atoms with Gasteiger partial charge in [0.1, 0.15) is 0 Å². The molecule has 0 N–H and O–H groups in total. The fraction of sp³-hybridized carbons (Fsp3) is 0.222. The van der Waals surface area contributed by atoms with E-state index in [-0.39, 0.29) is 51.4 Å². The van der Waals surface area contributed by atoms with E-state index in [0.29, 0.717) is 11.3 Å². The summed E-state index contributed by atoms with van der Waals surface area (Å²) < 4.78 is 36.3. The minimum absolute atomic E-state index is 0. The first-order chi connectivity index (χ1) is 6.92. The Hall–Kier alpha value is 0.00130. The van der Waals surface area contributed by atoms with Crippen molar-refractivity contribution >= 4 is 12.7 Å². The molecule has 0 heterocycles. The van der Waals surface area contributed by atoms with E-state index in [1.165, 1.54) is 31.3 Å². The van der Waals surface area contributed by atoms with Crippen molar-refractivity contribution in [3.8, 4) is 6.07 Å². The van der Waals surface area contributed by atoms with E-state index in [1.807, 2.05) is 6.07 Å². The van der Waals surface area contributed by atoms with Crippen LogP contribution in [0, 0.1) is 11.3 Å². The van der Waals surface area contributed by atoms with E-state index >= 15 is 0 Å². The fourth-order valence-corrected chi connectivity index (χ4v) is 1.21. The maximum Gasteiger partial charge on any atom is 1.00 e. The van der Waals surface area contributed by atoms with Crippen molar-refractivity contribution in [2.45, 2.75) is 0 Å². The zero-order valence-electron chi connectivity index (χ0n) is 9.12. The van der Waals surface area contributed by atoms with Crippen LogP contribution in [0.3, 0.4) is 0 Å². The van der Waals surface area contributed by atoms with Crippen LogP contribution in [-0.2, 0) is 0 Å². The average molecular weight is 252 g/mol. The van der Waals surface area contributed by atoms with Gasteiger partial charge in [-0.25, -0.2) is 0 Å². The van der Waals surface area contributed by atoms with Gasteiger partial charge >= 0.3 is 58.4 Å². The van der Waals surface area contributed by atoms with Crippen LogP contribution in [0.15, 0.2) is 24.3 Å². The molecular weight excluding hydrogens is 243 g/mol. The van der Waals surface area contributed by atoms with Crippen molar-refractivity contribution in [1.82, 2.24) is 0 Å². The second-order valence-electron chi connectivity index (χ2n) is 3.25. The first-order valence-electron chi connectivity index (χ1n) is 4.34. The number of nitriles is 1. The molecule has 0 aromatic heterocycles. The molecule has 1 rings (SSSR count). The van der Waals surface area contributed by atoms with Crippen molar-refractivity contribution in [1.29, 1.82) is 5.26 Å². The second-order valence-corrected chi connectivity index (χ2v) is 3.25. The predicted octanol–water partition coefficient (Wildman–Crippen LogP) is -0.615. The van der Waals surface area contributed by atoms with Gasteiger partial charge in [0.05, 0.1) is 11.6 Å². The molecule has 0 saturated heterocycles. The first kappa shape index (κ1) is 16.0. The van der Waals surface area contributed by atoms with E-state index in [2.05, 4.69) is 0 Å². The predicted molar refractivity (Wildman–Crippen MR) is 53.5 cm³/mol. The van der Waals surface area contributed by atoms with Crippen LogP contribution in [0.4, 0.5) is 18.6 Å². The molecule has 0 bridgehead atoms. The topological polar surface area (TPSA) is 27.0 Å². The molecule has 16 heavy (non-hydrogen) atoms. The summed E-state index contributed by atoms with van der Waals surface area (Å²) in [5.41, 5.74) is 0.887. The number of nitrogens with zero attached hydrogens (tertiary/aromatic N) is 2. The van der Waals surface area contributed by atoms with Crippen LogP contribution in [0.25, 0.3) is 0 Å². The standard InChI is InChI=1S/C9H9BF3N2.K/c1-15(7-10(11,12)13)9-4-2-8(6-14)3-5-9;/h2-5H,7H2,1H3;/q-1;+1. The normalized spacial score (nSPS) is 10.2. The van der Waals surface area contributed by atoms with Gasteiger partial charge in [-0.1, -0.05) is 0 Å². The SMILES string of the molecule is CN(C[B-](F)(F)F)c1ccc(C#N)cc1.[K+]. The van der Waals surface area contributed by atoms with Crippen molar-refractivity contribution < 1.29 is 64.3 Å². The average Bonchev–Trinajstić information content (AvgIpc) is 2.15. The Morgan fingerprint density at radius 1 is 1.25 bits per heavy atom. The molecule has 0 spiro atoms. The van der Waals surface area contributed by atoms with Crippen molar-refractivity contribution in [2.75, 3.05) is 18.4 Å². The van der Waals surface area contributed by atoms with E-state index in [1.54, 1.807) is 0 Å². The number of anilines is 1. The molecule has 0 fully saturated rings. The first-order valence-corrected chi connectivity index (χ1v) is 4.34. The quantitative estimate of drug-likeness (QED) is 0.671. The molecule has 0 saturated carbocycles. The van der Waals surface area contributed by atoms with Gasteiger partial charge in [-0.05, 0) is 30.7 Å². The summed E-state index contributed by atoms with van der Waals surface area (Å²) in [5.74, 6) is 0. The summed E-state index contributed by atoms with van der Waals surface area (Å²) in [6.07, 6.45) is -0.939. The van der Waals surface area contributed by atoms with Gasteiger partial charge in [0.2, 0.25) is 0 Å². The van der Waals surface area contributed by atoms with Crippen LogP contribution < -0.4 is 56.3 Å². The maximum atomic E-state index is 12.1. The van der Waals surface area contributed by atoms with Crippen molar-refractivity contribution in [2.24, 2.45) is 0 Å². The summed E-state index contributed by atoms with van der Waals surface area (Å²) >= 11 is 0. The zero-order valence-corrected chi connectivity index (χ0v) is 12.2. The Morgan fingerprint density at radius 2 is 1.75 bits per heavy atom. The van der Waals surface area contributed by atoms with E-state index in [9.17, 15) is 12.9 Å². The molecule has 0 aliphatic heterocycles. The largest absolute Gasteiger partial charge is 1.00 e. The Labute approximate surface area is 135 Å².